The molecule has 2 saturated heterocycles. The average Bonchev–Trinajstić information content (AvgIpc) is 3.24. The Morgan fingerprint density at radius 2 is 1.44 bits per heavy atom. The molecule has 2 aliphatic heterocycles. The lowest BCUT2D eigenvalue weighted by Crippen LogP contribution is -2.55. The van der Waals surface area contributed by atoms with Crippen LogP contribution in [0, 0.1) is 5.41 Å². The van der Waals surface area contributed by atoms with E-state index in [1.165, 1.54) is 0 Å². The highest BCUT2D eigenvalue weighted by atomic mass is 16.2. The maximum absolute atomic E-state index is 12.8. The van der Waals surface area contributed by atoms with E-state index in [-0.39, 0.29) is 23.9 Å². The number of hydrogen-bond acceptors (Lipinski definition) is 6. The molecular weight excluding hydrogens is 348 g/mol. The van der Waals surface area contributed by atoms with Gasteiger partial charge in [-0.3, -0.25) is 9.59 Å². The first kappa shape index (κ1) is 17.6. The highest BCUT2D eigenvalue weighted by Crippen LogP contribution is 2.31. The van der Waals surface area contributed by atoms with Crippen molar-refractivity contribution in [1.29, 1.82) is 0 Å². The van der Waals surface area contributed by atoms with Crippen molar-refractivity contribution in [2.45, 2.75) is 38.8 Å². The van der Waals surface area contributed by atoms with Gasteiger partial charge in [0, 0.05) is 50.4 Å². The van der Waals surface area contributed by atoms with Crippen LogP contribution in [0.1, 0.15) is 38.8 Å². The Balaban J connectivity index is 1.22. The molecule has 4 heterocycles. The van der Waals surface area contributed by atoms with Gasteiger partial charge in [0.25, 0.3) is 0 Å². The number of rotatable bonds is 6. The van der Waals surface area contributed by atoms with Crippen LogP contribution in [0.5, 0.6) is 0 Å². The van der Waals surface area contributed by atoms with Gasteiger partial charge in [0.05, 0.1) is 24.5 Å². The summed E-state index contributed by atoms with van der Waals surface area (Å²) in [6.45, 7) is 6.43. The molecule has 144 valence electrons. The standard InChI is InChI=1S/C17H24N8O2/c1-17(2,16(27)23-11-14(12-23)25-8-6-19-21-25)4-3-15(26)22-9-13(10-22)24-7-5-18-20-24/h5-8,13-14H,3-4,9-12H2,1-2H3. The van der Waals surface area contributed by atoms with Crippen molar-refractivity contribution in [3.05, 3.63) is 24.8 Å². The number of hydrogen-bond donors (Lipinski definition) is 0. The average molecular weight is 372 g/mol. The topological polar surface area (TPSA) is 102 Å². The molecule has 0 unspecified atom stereocenters. The van der Waals surface area contributed by atoms with E-state index in [0.29, 0.717) is 39.0 Å². The van der Waals surface area contributed by atoms with E-state index in [9.17, 15) is 9.59 Å². The minimum absolute atomic E-state index is 0.0933. The largest absolute Gasteiger partial charge is 0.338 e. The second-order valence-electron chi connectivity index (χ2n) is 7.97. The third kappa shape index (κ3) is 3.43. The second kappa shape index (κ2) is 6.75. The zero-order chi connectivity index (χ0) is 19.0. The lowest BCUT2D eigenvalue weighted by atomic mass is 9.84. The van der Waals surface area contributed by atoms with Gasteiger partial charge in [0.2, 0.25) is 11.8 Å². The molecular formula is C17H24N8O2. The summed E-state index contributed by atoms with van der Waals surface area (Å²) in [6.07, 6.45) is 7.83. The third-order valence-corrected chi connectivity index (χ3v) is 5.54. The van der Waals surface area contributed by atoms with Crippen molar-refractivity contribution in [3.63, 3.8) is 0 Å². The molecule has 0 atom stereocenters. The lowest BCUT2D eigenvalue weighted by molar-refractivity contribution is -0.148. The minimum atomic E-state index is -0.556. The molecule has 0 saturated carbocycles. The molecule has 4 rings (SSSR count). The van der Waals surface area contributed by atoms with Crippen LogP contribution in [0.3, 0.4) is 0 Å². The van der Waals surface area contributed by atoms with Crippen molar-refractivity contribution in [2.75, 3.05) is 26.2 Å². The smallest absolute Gasteiger partial charge is 0.228 e. The summed E-state index contributed by atoms with van der Waals surface area (Å²) in [5.74, 6) is 0.187. The first-order valence-electron chi connectivity index (χ1n) is 9.23. The van der Waals surface area contributed by atoms with Crippen molar-refractivity contribution in [1.82, 2.24) is 39.8 Å². The van der Waals surface area contributed by atoms with Gasteiger partial charge in [-0.25, -0.2) is 9.36 Å². The summed E-state index contributed by atoms with van der Waals surface area (Å²) in [6, 6.07) is 0.407. The maximum Gasteiger partial charge on any atom is 0.228 e. The summed E-state index contributed by atoms with van der Waals surface area (Å²) in [5, 5.41) is 15.5. The van der Waals surface area contributed by atoms with E-state index < -0.39 is 5.41 Å². The second-order valence-corrected chi connectivity index (χ2v) is 7.97. The summed E-state index contributed by atoms with van der Waals surface area (Å²) in [5.41, 5.74) is -0.556. The molecule has 2 aromatic rings. The number of carbonyl (C=O) groups excluding carboxylic acids is 2. The number of likely N-dealkylation sites (tertiary alicyclic amines) is 2. The maximum atomic E-state index is 12.8. The molecule has 2 fully saturated rings. The van der Waals surface area contributed by atoms with Gasteiger partial charge < -0.3 is 9.80 Å². The van der Waals surface area contributed by atoms with Crippen LogP contribution in [-0.4, -0.2) is 77.8 Å². The van der Waals surface area contributed by atoms with Crippen molar-refractivity contribution < 1.29 is 9.59 Å². The molecule has 10 heteroatoms. The molecule has 0 aliphatic carbocycles. The normalized spacial score (nSPS) is 18.3. The van der Waals surface area contributed by atoms with Crippen LogP contribution in [-0.2, 0) is 9.59 Å². The monoisotopic (exact) mass is 372 g/mol. The van der Waals surface area contributed by atoms with E-state index in [4.69, 9.17) is 0 Å². The van der Waals surface area contributed by atoms with Crippen molar-refractivity contribution in [2.24, 2.45) is 5.41 Å². The van der Waals surface area contributed by atoms with Gasteiger partial charge in [-0.05, 0) is 6.42 Å². The van der Waals surface area contributed by atoms with Gasteiger partial charge in [-0.1, -0.05) is 24.3 Å². The van der Waals surface area contributed by atoms with Crippen LogP contribution in [0.25, 0.3) is 0 Å². The molecule has 0 bridgehead atoms. The predicted molar refractivity (Wildman–Crippen MR) is 94.3 cm³/mol. The van der Waals surface area contributed by atoms with E-state index in [1.807, 2.05) is 36.0 Å². The first-order valence-corrected chi connectivity index (χ1v) is 9.23. The van der Waals surface area contributed by atoms with Crippen LogP contribution in [0.4, 0.5) is 0 Å². The Hall–Kier alpha value is -2.78. The van der Waals surface area contributed by atoms with E-state index >= 15 is 0 Å². The number of aromatic nitrogens is 6. The summed E-state index contributed by atoms with van der Waals surface area (Å²) in [4.78, 5) is 28.8. The van der Waals surface area contributed by atoms with Crippen LogP contribution in [0.15, 0.2) is 24.8 Å². The zero-order valence-corrected chi connectivity index (χ0v) is 15.6. The Morgan fingerprint density at radius 1 is 0.926 bits per heavy atom. The van der Waals surface area contributed by atoms with Gasteiger partial charge in [0.1, 0.15) is 0 Å². The number of nitrogens with zero attached hydrogens (tertiary/aromatic N) is 8. The molecule has 0 spiro atoms. The molecule has 0 radical (unpaired) electrons. The van der Waals surface area contributed by atoms with Gasteiger partial charge in [-0.15, -0.1) is 10.2 Å². The fraction of sp³-hybridized carbons (Fsp3) is 0.647. The lowest BCUT2D eigenvalue weighted by Gasteiger charge is -2.43. The number of carbonyl (C=O) groups is 2. The Labute approximate surface area is 157 Å². The van der Waals surface area contributed by atoms with Crippen LogP contribution in [0.2, 0.25) is 0 Å². The SMILES string of the molecule is CC(C)(CCC(=O)N1CC(n2ccnn2)C1)C(=O)N1CC(n2ccnn2)C1. The molecule has 0 aromatic carbocycles. The molecule has 10 nitrogen and oxygen atoms in total. The summed E-state index contributed by atoms with van der Waals surface area (Å²) >= 11 is 0. The predicted octanol–water partition coefficient (Wildman–Crippen LogP) is 0.143. The molecule has 2 amide bonds. The highest BCUT2D eigenvalue weighted by Gasteiger charge is 2.40. The van der Waals surface area contributed by atoms with E-state index in [2.05, 4.69) is 20.6 Å². The Morgan fingerprint density at radius 3 is 1.93 bits per heavy atom. The summed E-state index contributed by atoms with van der Waals surface area (Å²) < 4.78 is 3.57. The fourth-order valence-corrected chi connectivity index (χ4v) is 3.55. The highest BCUT2D eigenvalue weighted by molar-refractivity contribution is 5.84. The fourth-order valence-electron chi connectivity index (χ4n) is 3.55. The van der Waals surface area contributed by atoms with Crippen molar-refractivity contribution >= 4 is 11.8 Å². The Kier molecular flexibility index (Phi) is 4.40. The molecule has 0 N–H and O–H groups in total. The quantitative estimate of drug-likeness (QED) is 0.715. The molecule has 2 aromatic heterocycles. The molecule has 2 aliphatic rings. The van der Waals surface area contributed by atoms with Gasteiger partial charge >= 0.3 is 0 Å². The van der Waals surface area contributed by atoms with Crippen molar-refractivity contribution in [3.8, 4) is 0 Å². The third-order valence-electron chi connectivity index (χ3n) is 5.54. The zero-order valence-electron chi connectivity index (χ0n) is 15.6. The molecule has 27 heavy (non-hydrogen) atoms. The number of amides is 2. The first-order chi connectivity index (χ1) is 12.9. The van der Waals surface area contributed by atoms with Gasteiger partial charge in [-0.2, -0.15) is 0 Å². The Bertz CT molecular complexity index is 789. The summed E-state index contributed by atoms with van der Waals surface area (Å²) in [7, 11) is 0. The van der Waals surface area contributed by atoms with E-state index in [1.54, 1.807) is 21.8 Å². The van der Waals surface area contributed by atoms with Crippen LogP contribution >= 0.6 is 0 Å². The van der Waals surface area contributed by atoms with Crippen LogP contribution < -0.4 is 0 Å². The van der Waals surface area contributed by atoms with E-state index in [0.717, 1.165) is 0 Å². The van der Waals surface area contributed by atoms with Gasteiger partial charge in [0.15, 0.2) is 0 Å². The minimum Gasteiger partial charge on any atom is -0.338 e.